The van der Waals surface area contributed by atoms with Gasteiger partial charge in [0.2, 0.25) is 12.3 Å². The Morgan fingerprint density at radius 2 is 2.06 bits per heavy atom. The molecule has 1 N–H and O–H groups in total. The minimum Gasteiger partial charge on any atom is -0.333 e. The number of nitrogens with one attached hydrogen (secondary N) is 1. The number of nitrogens with zero attached hydrogens (tertiary/aromatic N) is 4. The predicted molar refractivity (Wildman–Crippen MR) is 142 cm³/mol. The molecule has 1 aromatic carbocycles. The lowest BCUT2D eigenvalue weighted by Gasteiger charge is -2.44. The van der Waals surface area contributed by atoms with Crippen LogP contribution in [0.1, 0.15) is 51.1 Å². The molecule has 194 valence electrons. The lowest BCUT2D eigenvalue weighted by atomic mass is 10.1. The number of carbonyl (C=O) groups excluding carboxylic acids is 3. The maximum Gasteiger partial charge on any atom is 0.334 e. The fraction of sp³-hybridized carbons (Fsp3) is 0.464. The third-order valence-electron chi connectivity index (χ3n) is 6.79. The number of amides is 4. The van der Waals surface area contributed by atoms with E-state index in [1.54, 1.807) is 20.9 Å². The van der Waals surface area contributed by atoms with Crippen LogP contribution in [-0.2, 0) is 9.59 Å². The Bertz CT molecular complexity index is 961. The van der Waals surface area contributed by atoms with E-state index in [4.69, 9.17) is 0 Å². The van der Waals surface area contributed by atoms with Crippen LogP contribution < -0.4 is 5.32 Å². The fourth-order valence-electron chi connectivity index (χ4n) is 4.71. The molecule has 0 bridgehead atoms. The molecule has 8 nitrogen and oxygen atoms in total. The summed E-state index contributed by atoms with van der Waals surface area (Å²) in [7, 11) is 0. The van der Waals surface area contributed by atoms with E-state index in [2.05, 4.69) is 30.1 Å². The van der Waals surface area contributed by atoms with Gasteiger partial charge in [0.25, 0.3) is 0 Å². The quantitative estimate of drug-likeness (QED) is 0.305. The van der Waals surface area contributed by atoms with Gasteiger partial charge in [0.15, 0.2) is 0 Å². The van der Waals surface area contributed by atoms with Crippen molar-refractivity contribution in [3.8, 4) is 0 Å². The number of likely N-dealkylation sites (N-methyl/N-ethyl adjacent to an activating group) is 1. The molecule has 1 aliphatic heterocycles. The molecule has 2 aliphatic rings. The molecular formula is C28H39N5O3. The monoisotopic (exact) mass is 493 g/mol. The second-order valence-corrected chi connectivity index (χ2v) is 9.12. The van der Waals surface area contributed by atoms with Crippen LogP contribution in [-0.4, -0.2) is 77.1 Å². The van der Waals surface area contributed by atoms with Crippen LogP contribution in [0, 0.1) is 0 Å². The van der Waals surface area contributed by atoms with Gasteiger partial charge in [-0.05, 0) is 37.3 Å². The Morgan fingerprint density at radius 3 is 2.75 bits per heavy atom. The van der Waals surface area contributed by atoms with Gasteiger partial charge in [0.1, 0.15) is 6.17 Å². The van der Waals surface area contributed by atoms with E-state index in [0.29, 0.717) is 19.6 Å². The highest BCUT2D eigenvalue weighted by molar-refractivity contribution is 5.79. The second-order valence-electron chi connectivity index (χ2n) is 9.12. The number of hydrogen-bond acceptors (Lipinski definition) is 4. The molecule has 36 heavy (non-hydrogen) atoms. The Morgan fingerprint density at radius 1 is 1.28 bits per heavy atom. The molecular weight excluding hydrogens is 454 g/mol. The molecule has 0 radical (unpaired) electrons. The molecule has 1 aromatic rings. The van der Waals surface area contributed by atoms with Gasteiger partial charge in [-0.3, -0.25) is 9.59 Å². The summed E-state index contributed by atoms with van der Waals surface area (Å²) >= 11 is 0. The number of hydrazine groups is 1. The third kappa shape index (κ3) is 6.85. The first kappa shape index (κ1) is 27.2. The maximum absolute atomic E-state index is 13.7. The Balaban J connectivity index is 1.91. The van der Waals surface area contributed by atoms with Crippen molar-refractivity contribution < 1.29 is 14.4 Å². The van der Waals surface area contributed by atoms with Crippen molar-refractivity contribution in [3.63, 3.8) is 0 Å². The van der Waals surface area contributed by atoms with Gasteiger partial charge in [0.05, 0.1) is 12.6 Å². The molecule has 0 aromatic heterocycles. The number of allylic oxidation sites excluding steroid dienone is 2. The van der Waals surface area contributed by atoms with E-state index in [0.717, 1.165) is 36.8 Å². The van der Waals surface area contributed by atoms with Gasteiger partial charge in [-0.25, -0.2) is 14.8 Å². The van der Waals surface area contributed by atoms with Crippen LogP contribution in [0.3, 0.4) is 0 Å². The number of benzene rings is 1. The van der Waals surface area contributed by atoms with Gasteiger partial charge < -0.3 is 15.1 Å². The van der Waals surface area contributed by atoms with Gasteiger partial charge in [-0.1, -0.05) is 61.6 Å². The van der Waals surface area contributed by atoms with Crippen molar-refractivity contribution >= 4 is 18.3 Å². The lowest BCUT2D eigenvalue weighted by Crippen LogP contribution is -2.63. The summed E-state index contributed by atoms with van der Waals surface area (Å²) in [5.41, 5.74) is 2.07. The summed E-state index contributed by atoms with van der Waals surface area (Å²) in [5, 5.41) is 6.51. The molecule has 1 heterocycles. The summed E-state index contributed by atoms with van der Waals surface area (Å²) < 4.78 is 0. The number of hydrogen-bond donors (Lipinski definition) is 1. The molecule has 1 aliphatic carbocycles. The summed E-state index contributed by atoms with van der Waals surface area (Å²) in [5.74, 6) is -0.0402. The normalized spacial score (nSPS) is 19.2. The third-order valence-corrected chi connectivity index (χ3v) is 6.79. The van der Waals surface area contributed by atoms with Crippen LogP contribution in [0.25, 0.3) is 0 Å². The van der Waals surface area contributed by atoms with Crippen molar-refractivity contribution in [2.75, 3.05) is 32.7 Å². The van der Waals surface area contributed by atoms with E-state index in [9.17, 15) is 14.4 Å². The first-order valence-corrected chi connectivity index (χ1v) is 12.8. The molecule has 0 spiro atoms. The first-order chi connectivity index (χ1) is 17.5. The maximum atomic E-state index is 13.7. The predicted octanol–water partition coefficient (Wildman–Crippen LogP) is 3.87. The molecule has 3 rings (SSSR count). The van der Waals surface area contributed by atoms with Crippen molar-refractivity contribution in [2.45, 2.75) is 51.7 Å². The van der Waals surface area contributed by atoms with E-state index in [-0.39, 0.29) is 37.5 Å². The van der Waals surface area contributed by atoms with Gasteiger partial charge in [-0.2, -0.15) is 0 Å². The summed E-state index contributed by atoms with van der Waals surface area (Å²) in [6.45, 7) is 9.60. The molecule has 4 amide bonds. The molecule has 1 unspecified atom stereocenters. The van der Waals surface area contributed by atoms with Crippen LogP contribution >= 0.6 is 0 Å². The van der Waals surface area contributed by atoms with Crippen molar-refractivity contribution in [1.29, 1.82) is 0 Å². The minimum atomic E-state index is -0.654. The van der Waals surface area contributed by atoms with E-state index in [1.807, 2.05) is 49.2 Å². The standard InChI is InChI=1S/C28H39N5O3/c1-4-18-31(5-2)33(28(36)29-20-24-13-9-6-7-10-14-24)26-21-32(27(35)17-19-30(26)22-34)23(3)25-15-11-8-12-16-25/h4,8-9,11-16,22-23,26H,1,5-7,10,17-21H2,2-3H3,(H,29,36)/t23-,26?/m1/s1. The topological polar surface area (TPSA) is 76.2 Å². The fourth-order valence-corrected chi connectivity index (χ4v) is 4.71. The van der Waals surface area contributed by atoms with Crippen molar-refractivity contribution in [3.05, 3.63) is 72.4 Å². The number of carbonyl (C=O) groups is 3. The van der Waals surface area contributed by atoms with Crippen LogP contribution in [0.5, 0.6) is 0 Å². The average Bonchev–Trinajstić information content (AvgIpc) is 3.26. The molecule has 1 fully saturated rings. The second kappa shape index (κ2) is 13.6. The highest BCUT2D eigenvalue weighted by Gasteiger charge is 2.38. The van der Waals surface area contributed by atoms with E-state index >= 15 is 0 Å². The Kier molecular flexibility index (Phi) is 10.3. The molecule has 2 atom stereocenters. The lowest BCUT2D eigenvalue weighted by molar-refractivity contribution is -0.136. The average molecular weight is 494 g/mol. The zero-order chi connectivity index (χ0) is 25.9. The largest absolute Gasteiger partial charge is 0.334 e. The van der Waals surface area contributed by atoms with Crippen LogP contribution in [0.15, 0.2) is 66.8 Å². The van der Waals surface area contributed by atoms with Gasteiger partial charge >= 0.3 is 6.03 Å². The summed E-state index contributed by atoms with van der Waals surface area (Å²) in [4.78, 5) is 42.4. The van der Waals surface area contributed by atoms with Crippen molar-refractivity contribution in [2.24, 2.45) is 0 Å². The zero-order valence-electron chi connectivity index (χ0n) is 21.5. The smallest absolute Gasteiger partial charge is 0.333 e. The highest BCUT2D eigenvalue weighted by atomic mass is 16.2. The zero-order valence-corrected chi connectivity index (χ0v) is 21.5. The van der Waals surface area contributed by atoms with E-state index < -0.39 is 6.17 Å². The van der Waals surface area contributed by atoms with Crippen molar-refractivity contribution in [1.82, 2.24) is 25.1 Å². The summed E-state index contributed by atoms with van der Waals surface area (Å²) in [6, 6.07) is 9.31. The van der Waals surface area contributed by atoms with Gasteiger partial charge in [0, 0.05) is 32.6 Å². The molecule has 8 heteroatoms. The highest BCUT2D eigenvalue weighted by Crippen LogP contribution is 2.26. The number of rotatable bonds is 10. The van der Waals surface area contributed by atoms with Crippen LogP contribution in [0.2, 0.25) is 0 Å². The number of urea groups is 1. The van der Waals surface area contributed by atoms with Crippen LogP contribution in [0.4, 0.5) is 4.79 Å². The Labute approximate surface area is 214 Å². The summed E-state index contributed by atoms with van der Waals surface area (Å²) in [6.07, 6.45) is 11.5. The van der Waals surface area contributed by atoms with E-state index in [1.165, 1.54) is 0 Å². The SMILES string of the molecule is C=CCN(CC)N(C(=O)NCC1=CCCCC=C1)C1CN([C@H](C)c2ccccc2)C(=O)CCN1C=O. The van der Waals surface area contributed by atoms with Gasteiger partial charge in [-0.15, -0.1) is 6.58 Å². The minimum absolute atomic E-state index is 0.0402. The Hall–Kier alpha value is -3.39. The molecule has 1 saturated heterocycles. The molecule has 0 saturated carbocycles. The first-order valence-electron chi connectivity index (χ1n) is 12.8.